The summed E-state index contributed by atoms with van der Waals surface area (Å²) in [5.74, 6) is 0.841. The predicted octanol–water partition coefficient (Wildman–Crippen LogP) is 2.15. The molecular weight excluding hydrogens is 380 g/mol. The van der Waals surface area contributed by atoms with Gasteiger partial charge in [-0.2, -0.15) is 0 Å². The Hall–Kier alpha value is 0.0800. The maximum Gasteiger partial charge on any atom is 0.183 e. The van der Waals surface area contributed by atoms with E-state index in [1.807, 2.05) is 6.07 Å². The molecule has 1 saturated heterocycles. The summed E-state index contributed by atoms with van der Waals surface area (Å²) < 4.78 is 18.2. The van der Waals surface area contributed by atoms with E-state index in [1.54, 1.807) is 14.2 Å². The lowest BCUT2D eigenvalue weighted by molar-refractivity contribution is -0.00461. The number of hydrogen-bond acceptors (Lipinski definition) is 5. The van der Waals surface area contributed by atoms with Crippen LogP contribution in [0, 0.1) is 0 Å². The second kappa shape index (κ2) is 6.69. The molecule has 0 saturated carbocycles. The smallest absolute Gasteiger partial charge is 0.183 e. The molecule has 19 heavy (non-hydrogen) atoms. The lowest BCUT2D eigenvalue weighted by Crippen LogP contribution is -2.32. The fourth-order valence-electron chi connectivity index (χ4n) is 2.45. The van der Waals surface area contributed by atoms with Gasteiger partial charge >= 0.3 is 0 Å². The molecule has 3 unspecified atom stereocenters. The van der Waals surface area contributed by atoms with Crippen LogP contribution in [0.25, 0.3) is 0 Å². The van der Waals surface area contributed by atoms with Gasteiger partial charge in [0.1, 0.15) is 5.76 Å². The maximum absolute atomic E-state index is 5.90. The summed E-state index contributed by atoms with van der Waals surface area (Å²) >= 11 is 6.77. The Bertz CT molecular complexity index is 396. The lowest BCUT2D eigenvalue weighted by atomic mass is 10.2. The normalized spacial score (nSPS) is 25.9. The molecular formula is C12H18Br2N2O3. The average molecular weight is 398 g/mol. The topological polar surface area (TPSA) is 60.9 Å². The van der Waals surface area contributed by atoms with Gasteiger partial charge in [0.2, 0.25) is 0 Å². The van der Waals surface area contributed by atoms with Gasteiger partial charge in [0.15, 0.2) is 4.67 Å². The molecule has 0 amide bonds. The largest absolute Gasteiger partial charge is 0.451 e. The molecule has 108 valence electrons. The standard InChI is InChI=1S/C12H18Br2N2O3/c1-17-10-5-16(6-11(10)18-2)8(4-15)9-3-7(13)12(14)19-9/h3,8,10-11H,4-6,15H2,1-2H3. The van der Waals surface area contributed by atoms with Crippen molar-refractivity contribution in [2.45, 2.75) is 18.2 Å². The zero-order valence-corrected chi connectivity index (χ0v) is 14.1. The first kappa shape index (κ1) is 15.5. The van der Waals surface area contributed by atoms with Crippen LogP contribution < -0.4 is 5.73 Å². The van der Waals surface area contributed by atoms with Crippen molar-refractivity contribution in [1.82, 2.24) is 4.90 Å². The molecule has 5 nitrogen and oxygen atoms in total. The second-order valence-corrected chi connectivity index (χ2v) is 6.10. The highest BCUT2D eigenvalue weighted by Gasteiger charge is 2.37. The van der Waals surface area contributed by atoms with Crippen molar-refractivity contribution in [3.8, 4) is 0 Å². The summed E-state index contributed by atoms with van der Waals surface area (Å²) in [6.07, 6.45) is 0.141. The van der Waals surface area contributed by atoms with E-state index < -0.39 is 0 Å². The van der Waals surface area contributed by atoms with Gasteiger partial charge in [-0.15, -0.1) is 0 Å². The molecule has 1 aromatic rings. The number of furan rings is 1. The number of nitrogens with zero attached hydrogens (tertiary/aromatic N) is 1. The first-order valence-corrected chi connectivity index (χ1v) is 7.63. The highest BCUT2D eigenvalue weighted by atomic mass is 79.9. The third-order valence-electron chi connectivity index (χ3n) is 3.51. The number of nitrogens with two attached hydrogens (primary N) is 1. The van der Waals surface area contributed by atoms with Crippen molar-refractivity contribution in [1.29, 1.82) is 0 Å². The number of likely N-dealkylation sites (tertiary alicyclic amines) is 1. The van der Waals surface area contributed by atoms with E-state index in [0.717, 1.165) is 23.3 Å². The molecule has 0 aliphatic carbocycles. The molecule has 3 atom stereocenters. The van der Waals surface area contributed by atoms with Crippen molar-refractivity contribution in [2.75, 3.05) is 33.9 Å². The van der Waals surface area contributed by atoms with Crippen LogP contribution in [0.3, 0.4) is 0 Å². The summed E-state index contributed by atoms with van der Waals surface area (Å²) in [6.45, 7) is 2.05. The summed E-state index contributed by atoms with van der Waals surface area (Å²) in [7, 11) is 3.41. The molecule has 1 aromatic heterocycles. The van der Waals surface area contributed by atoms with Crippen molar-refractivity contribution >= 4 is 31.9 Å². The third kappa shape index (κ3) is 3.22. The Labute approximate surface area is 129 Å². The van der Waals surface area contributed by atoms with Crippen LogP contribution in [-0.2, 0) is 9.47 Å². The van der Waals surface area contributed by atoms with Gasteiger partial charge in [-0.05, 0) is 37.9 Å². The molecule has 7 heteroatoms. The number of rotatable bonds is 5. The Morgan fingerprint density at radius 1 is 1.37 bits per heavy atom. The van der Waals surface area contributed by atoms with Crippen LogP contribution in [0.15, 0.2) is 19.6 Å². The van der Waals surface area contributed by atoms with E-state index in [4.69, 9.17) is 19.6 Å². The number of methoxy groups -OCH3 is 2. The minimum Gasteiger partial charge on any atom is -0.451 e. The Morgan fingerprint density at radius 2 is 1.95 bits per heavy atom. The van der Waals surface area contributed by atoms with Crippen LogP contribution in [0.2, 0.25) is 0 Å². The van der Waals surface area contributed by atoms with E-state index in [2.05, 4.69) is 36.8 Å². The summed E-state index contributed by atoms with van der Waals surface area (Å²) in [5.41, 5.74) is 5.90. The van der Waals surface area contributed by atoms with Crippen LogP contribution in [0.5, 0.6) is 0 Å². The lowest BCUT2D eigenvalue weighted by Gasteiger charge is -2.24. The van der Waals surface area contributed by atoms with E-state index in [0.29, 0.717) is 11.2 Å². The zero-order chi connectivity index (χ0) is 14.0. The highest BCUT2D eigenvalue weighted by Crippen LogP contribution is 2.33. The van der Waals surface area contributed by atoms with Crippen LogP contribution in [-0.4, -0.2) is 51.0 Å². The second-order valence-electron chi connectivity index (χ2n) is 4.52. The van der Waals surface area contributed by atoms with Crippen LogP contribution in [0.4, 0.5) is 0 Å². The molecule has 2 rings (SSSR count). The highest BCUT2D eigenvalue weighted by molar-refractivity contribution is 9.13. The Morgan fingerprint density at radius 3 is 2.32 bits per heavy atom. The van der Waals surface area contributed by atoms with Gasteiger partial charge in [-0.25, -0.2) is 0 Å². The first-order valence-electron chi connectivity index (χ1n) is 6.05. The van der Waals surface area contributed by atoms with Crippen LogP contribution in [0.1, 0.15) is 11.8 Å². The summed E-state index contributed by atoms with van der Waals surface area (Å²) in [4.78, 5) is 2.24. The predicted molar refractivity (Wildman–Crippen MR) is 79.1 cm³/mol. The van der Waals surface area contributed by atoms with Gasteiger partial charge in [0.05, 0.1) is 22.7 Å². The number of hydrogen-bond donors (Lipinski definition) is 1. The maximum atomic E-state index is 5.90. The van der Waals surface area contributed by atoms with Gasteiger partial charge in [0, 0.05) is 33.9 Å². The minimum absolute atomic E-state index is 0.0281. The molecule has 0 spiro atoms. The van der Waals surface area contributed by atoms with Gasteiger partial charge in [-0.3, -0.25) is 4.90 Å². The quantitative estimate of drug-likeness (QED) is 0.824. The van der Waals surface area contributed by atoms with E-state index >= 15 is 0 Å². The van der Waals surface area contributed by atoms with Crippen molar-refractivity contribution in [2.24, 2.45) is 5.73 Å². The molecule has 0 bridgehead atoms. The summed E-state index contributed by atoms with van der Waals surface area (Å²) in [5, 5.41) is 0. The van der Waals surface area contributed by atoms with Crippen molar-refractivity contribution in [3.63, 3.8) is 0 Å². The summed E-state index contributed by atoms with van der Waals surface area (Å²) in [6, 6.07) is 1.98. The van der Waals surface area contributed by atoms with Crippen molar-refractivity contribution < 1.29 is 13.9 Å². The van der Waals surface area contributed by atoms with Gasteiger partial charge in [-0.1, -0.05) is 0 Å². The molecule has 1 aliphatic rings. The van der Waals surface area contributed by atoms with Crippen molar-refractivity contribution in [3.05, 3.63) is 21.0 Å². The number of ether oxygens (including phenoxy) is 2. The molecule has 2 N–H and O–H groups in total. The van der Waals surface area contributed by atoms with Gasteiger partial charge in [0.25, 0.3) is 0 Å². The van der Waals surface area contributed by atoms with E-state index in [1.165, 1.54) is 0 Å². The fraction of sp³-hybridized carbons (Fsp3) is 0.667. The zero-order valence-electron chi connectivity index (χ0n) is 10.9. The third-order valence-corrected chi connectivity index (χ3v) is 5.22. The monoisotopic (exact) mass is 396 g/mol. The molecule has 0 radical (unpaired) electrons. The molecule has 0 aromatic carbocycles. The van der Waals surface area contributed by atoms with E-state index in [-0.39, 0.29) is 18.2 Å². The van der Waals surface area contributed by atoms with Crippen LogP contribution >= 0.6 is 31.9 Å². The SMILES string of the molecule is COC1CN(C(CN)c2cc(Br)c(Br)o2)CC1OC. The number of halogens is 2. The molecule has 1 aliphatic heterocycles. The molecule has 2 heterocycles. The Balaban J connectivity index is 2.14. The fourth-order valence-corrected chi connectivity index (χ4v) is 3.06. The van der Waals surface area contributed by atoms with E-state index in [9.17, 15) is 0 Å². The average Bonchev–Trinajstić information content (AvgIpc) is 2.95. The Kier molecular flexibility index (Phi) is 5.45. The minimum atomic E-state index is 0.0281. The molecule has 1 fully saturated rings. The first-order chi connectivity index (χ1) is 9.10. The van der Waals surface area contributed by atoms with Gasteiger partial charge < -0.3 is 19.6 Å².